The van der Waals surface area contributed by atoms with Crippen molar-refractivity contribution >= 4 is 28.6 Å². The van der Waals surface area contributed by atoms with E-state index in [0.717, 1.165) is 22.6 Å². The van der Waals surface area contributed by atoms with Gasteiger partial charge < -0.3 is 27.8 Å². The highest BCUT2D eigenvalue weighted by Gasteiger charge is 2.43. The second kappa shape index (κ2) is 16.4. The lowest BCUT2D eigenvalue weighted by molar-refractivity contribution is -0.136. The van der Waals surface area contributed by atoms with Crippen LogP contribution in [0.3, 0.4) is 0 Å². The number of benzene rings is 5. The fraction of sp³-hybridized carbons (Fsp3) is 0.347. The molecule has 0 aromatic heterocycles. The molecule has 5 aromatic rings. The first kappa shape index (κ1) is 43.3. The van der Waals surface area contributed by atoms with E-state index in [1.54, 1.807) is 0 Å². The molecule has 0 saturated carbocycles. The number of rotatable bonds is 12. The van der Waals surface area contributed by atoms with E-state index in [0.29, 0.717) is 33.8 Å². The summed E-state index contributed by atoms with van der Waals surface area (Å²) in [6, 6.07) is 34.0. The summed E-state index contributed by atoms with van der Waals surface area (Å²) in [7, 11) is -4.32. The second-order valence-electron chi connectivity index (χ2n) is 18.7. The van der Waals surface area contributed by atoms with Crippen LogP contribution in [-0.2, 0) is 22.4 Å². The van der Waals surface area contributed by atoms with Crippen molar-refractivity contribution in [3.8, 4) is 56.8 Å². The Morgan fingerprint density at radius 2 is 0.847 bits per heavy atom. The third-order valence-electron chi connectivity index (χ3n) is 11.5. The molecule has 0 spiro atoms. The van der Waals surface area contributed by atoms with Crippen LogP contribution in [0.5, 0.6) is 34.5 Å². The van der Waals surface area contributed by atoms with E-state index < -0.39 is 34.4 Å². The zero-order chi connectivity index (χ0) is 43.0. The van der Waals surface area contributed by atoms with Gasteiger partial charge in [-0.1, -0.05) is 126 Å². The Labute approximate surface area is 352 Å². The molecule has 0 amide bonds. The van der Waals surface area contributed by atoms with Crippen molar-refractivity contribution in [2.45, 2.75) is 110 Å². The highest BCUT2D eigenvalue weighted by Crippen LogP contribution is 2.61. The van der Waals surface area contributed by atoms with Crippen LogP contribution in [0.2, 0.25) is 36.3 Å². The number of esters is 2. The molecule has 310 valence electrons. The number of hydrogen-bond donors (Lipinski definition) is 0. The Kier molecular flexibility index (Phi) is 12.0. The molecule has 10 heteroatoms. The number of hydrogen-bond acceptors (Lipinski definition) is 8. The maximum atomic E-state index is 14.1. The zero-order valence-corrected chi connectivity index (χ0v) is 38.6. The van der Waals surface area contributed by atoms with Crippen LogP contribution in [0.15, 0.2) is 109 Å². The molecule has 8 nitrogen and oxygen atoms in total. The lowest BCUT2D eigenvalue weighted by Crippen LogP contribution is -2.43. The monoisotopic (exact) mass is 830 g/mol. The van der Waals surface area contributed by atoms with Crippen LogP contribution in [0.4, 0.5) is 0 Å². The molecule has 0 unspecified atom stereocenters. The third-order valence-corrected chi connectivity index (χ3v) is 20.2. The number of carbonyl (C=O) groups is 2. The maximum Gasteiger partial charge on any atom is 0.315 e. The molecular weight excluding hydrogens is 773 g/mol. The third kappa shape index (κ3) is 9.94. The summed E-state index contributed by atoms with van der Waals surface area (Å²) in [6.07, 6.45) is -0.0442. The molecule has 0 N–H and O–H groups in total. The lowest BCUT2D eigenvalue weighted by atomic mass is 9.95. The molecule has 5 aromatic carbocycles. The normalized spacial score (nSPS) is 13.8. The van der Waals surface area contributed by atoms with Gasteiger partial charge in [-0.05, 0) is 82.8 Å². The van der Waals surface area contributed by atoms with Crippen molar-refractivity contribution in [1.29, 1.82) is 0 Å². The summed E-state index contributed by atoms with van der Waals surface area (Å²) in [5.74, 6) is 0.0390. The quantitative estimate of drug-likeness (QED) is 0.0698. The first-order valence-electron chi connectivity index (χ1n) is 20.2. The summed E-state index contributed by atoms with van der Waals surface area (Å²) in [5, 5.41) is -0.0143. The summed E-state index contributed by atoms with van der Waals surface area (Å²) >= 11 is 0. The molecule has 0 saturated heterocycles. The van der Waals surface area contributed by atoms with E-state index in [-0.39, 0.29) is 34.4 Å². The van der Waals surface area contributed by atoms with Crippen molar-refractivity contribution in [2.24, 2.45) is 0 Å². The van der Waals surface area contributed by atoms with Gasteiger partial charge >= 0.3 is 11.9 Å². The standard InChI is InChI=1S/C49H58O8Si2/c1-47(2,3)58(9,10)56-37-27-23-35(24-28-37)41-43(52-39(50)31-33-19-15-13-16-20-33)44(53-40(51)32-34-21-17-14-18-22-34)42(46-45(41)54-49(7,8)55-46)36-25-29-38(30-26-36)57-59(11,12)48(4,5)6/h13-30H,31-32H2,1-12H3. The Morgan fingerprint density at radius 3 is 1.15 bits per heavy atom. The minimum atomic E-state index is -2.16. The van der Waals surface area contributed by atoms with Crippen LogP contribution in [-0.4, -0.2) is 34.4 Å². The molecule has 1 heterocycles. The summed E-state index contributed by atoms with van der Waals surface area (Å²) in [4.78, 5) is 28.1. The molecule has 1 aliphatic heterocycles. The lowest BCUT2D eigenvalue weighted by Gasteiger charge is -2.36. The van der Waals surface area contributed by atoms with Gasteiger partial charge in [0.1, 0.15) is 11.5 Å². The molecule has 6 rings (SSSR count). The van der Waals surface area contributed by atoms with Crippen LogP contribution in [0.25, 0.3) is 22.3 Å². The number of carbonyl (C=O) groups excluding carboxylic acids is 2. The average Bonchev–Trinajstić information content (AvgIpc) is 3.46. The molecule has 0 bridgehead atoms. The first-order valence-corrected chi connectivity index (χ1v) is 26.1. The van der Waals surface area contributed by atoms with Gasteiger partial charge in [-0.3, -0.25) is 9.59 Å². The number of fused-ring (bicyclic) bond motifs is 1. The molecule has 1 aliphatic rings. The van der Waals surface area contributed by atoms with Crippen LogP contribution < -0.4 is 27.8 Å². The van der Waals surface area contributed by atoms with Crippen molar-refractivity contribution in [3.63, 3.8) is 0 Å². The first-order chi connectivity index (χ1) is 27.5. The number of ether oxygens (including phenoxy) is 4. The van der Waals surface area contributed by atoms with Gasteiger partial charge in [-0.25, -0.2) is 0 Å². The molecule has 59 heavy (non-hydrogen) atoms. The van der Waals surface area contributed by atoms with Gasteiger partial charge in [0, 0.05) is 13.8 Å². The van der Waals surface area contributed by atoms with Crippen LogP contribution >= 0.6 is 0 Å². The van der Waals surface area contributed by atoms with Crippen molar-refractivity contribution in [2.75, 3.05) is 0 Å². The predicted octanol–water partition coefficient (Wildman–Crippen LogP) is 12.6. The van der Waals surface area contributed by atoms with E-state index in [1.807, 2.05) is 123 Å². The van der Waals surface area contributed by atoms with Crippen molar-refractivity contribution in [3.05, 3.63) is 120 Å². The van der Waals surface area contributed by atoms with Gasteiger partial charge in [0.15, 0.2) is 23.0 Å². The molecule has 0 radical (unpaired) electrons. The SMILES string of the molecule is CC1(C)Oc2c(c(-c3ccc(O[Si](C)(C)C(C)(C)C)cc3)c(OC(=O)Cc3ccccc3)c(OC(=O)Cc3ccccc3)c2-c2ccc(O[Si](C)(C)C(C)(C)C)cc2)O1. The molecule has 0 aliphatic carbocycles. The highest BCUT2D eigenvalue weighted by molar-refractivity contribution is 6.75. The molecule has 0 fully saturated rings. The Balaban J connectivity index is 1.57. The van der Waals surface area contributed by atoms with Gasteiger partial charge in [0.25, 0.3) is 0 Å². The maximum absolute atomic E-state index is 14.1. The second-order valence-corrected chi connectivity index (χ2v) is 28.2. The Morgan fingerprint density at radius 1 is 0.525 bits per heavy atom. The summed E-state index contributed by atoms with van der Waals surface area (Å²) in [5.41, 5.74) is 3.67. The van der Waals surface area contributed by atoms with E-state index in [9.17, 15) is 9.59 Å². The highest BCUT2D eigenvalue weighted by atomic mass is 28.4. The Hall–Kier alpha value is -5.33. The summed E-state index contributed by atoms with van der Waals surface area (Å²) < 4.78 is 39.4. The van der Waals surface area contributed by atoms with E-state index >= 15 is 0 Å². The van der Waals surface area contributed by atoms with E-state index in [4.69, 9.17) is 27.8 Å². The van der Waals surface area contributed by atoms with Gasteiger partial charge in [0.2, 0.25) is 22.4 Å². The minimum Gasteiger partial charge on any atom is -0.544 e. The molecular formula is C49H58O8Si2. The van der Waals surface area contributed by atoms with E-state index in [2.05, 4.69) is 67.7 Å². The smallest absolute Gasteiger partial charge is 0.315 e. The Bertz CT molecular complexity index is 2120. The van der Waals surface area contributed by atoms with E-state index in [1.165, 1.54) is 0 Å². The average molecular weight is 831 g/mol. The van der Waals surface area contributed by atoms with Gasteiger partial charge in [-0.15, -0.1) is 0 Å². The topological polar surface area (TPSA) is 89.5 Å². The summed E-state index contributed by atoms with van der Waals surface area (Å²) in [6.45, 7) is 25.6. The van der Waals surface area contributed by atoms with Gasteiger partial charge in [-0.2, -0.15) is 0 Å². The van der Waals surface area contributed by atoms with Crippen LogP contribution in [0, 0.1) is 0 Å². The zero-order valence-electron chi connectivity index (χ0n) is 36.6. The largest absolute Gasteiger partial charge is 0.544 e. The predicted molar refractivity (Wildman–Crippen MR) is 240 cm³/mol. The van der Waals surface area contributed by atoms with Crippen molar-refractivity contribution in [1.82, 2.24) is 0 Å². The van der Waals surface area contributed by atoms with Gasteiger partial charge in [0.05, 0.1) is 24.0 Å². The fourth-order valence-electron chi connectivity index (χ4n) is 6.19. The molecule has 0 atom stereocenters. The minimum absolute atomic E-state index is 0.00714. The fourth-order valence-corrected chi connectivity index (χ4v) is 8.25. The van der Waals surface area contributed by atoms with Crippen LogP contribution in [0.1, 0.15) is 66.5 Å². The van der Waals surface area contributed by atoms with Crippen molar-refractivity contribution < 1.29 is 37.4 Å².